The molecule has 2 aromatic carbocycles. The number of amides is 1. The van der Waals surface area contributed by atoms with Crippen LogP contribution >= 0.6 is 11.6 Å². The fraction of sp³-hybridized carbons (Fsp3) is 0.111. The highest BCUT2D eigenvalue weighted by molar-refractivity contribution is 6.30. The van der Waals surface area contributed by atoms with Crippen molar-refractivity contribution in [2.24, 2.45) is 0 Å². The van der Waals surface area contributed by atoms with Gasteiger partial charge in [-0.1, -0.05) is 54.1 Å². The zero-order valence-electron chi connectivity index (χ0n) is 12.6. The molecule has 1 atom stereocenters. The molecule has 0 aliphatic heterocycles. The van der Waals surface area contributed by atoms with E-state index in [1.54, 1.807) is 12.1 Å². The van der Waals surface area contributed by atoms with Crippen molar-refractivity contribution in [1.29, 1.82) is 0 Å². The van der Waals surface area contributed by atoms with Gasteiger partial charge in [0.05, 0.1) is 23.5 Å². The van der Waals surface area contributed by atoms with Crippen LogP contribution in [0.15, 0.2) is 60.8 Å². The average molecular weight is 326 g/mol. The van der Waals surface area contributed by atoms with E-state index in [-0.39, 0.29) is 11.9 Å². The Kier molecular flexibility index (Phi) is 4.44. The molecule has 1 amide bonds. The number of benzene rings is 2. The van der Waals surface area contributed by atoms with E-state index in [1.165, 1.54) is 6.20 Å². The minimum absolute atomic E-state index is 0.0864. The van der Waals surface area contributed by atoms with Crippen LogP contribution in [-0.2, 0) is 0 Å². The van der Waals surface area contributed by atoms with Crippen LogP contribution in [0.1, 0.15) is 28.9 Å². The van der Waals surface area contributed by atoms with E-state index in [0.717, 1.165) is 11.1 Å². The molecule has 116 valence electrons. The normalized spacial score (nSPS) is 11.9. The zero-order valence-corrected chi connectivity index (χ0v) is 13.3. The second kappa shape index (κ2) is 6.67. The maximum atomic E-state index is 12.6. The molecule has 3 rings (SSSR count). The fourth-order valence-corrected chi connectivity index (χ4v) is 2.52. The van der Waals surface area contributed by atoms with E-state index in [0.29, 0.717) is 16.3 Å². The zero-order chi connectivity index (χ0) is 16.2. The summed E-state index contributed by atoms with van der Waals surface area (Å²) in [6.45, 7) is 1.95. The van der Waals surface area contributed by atoms with E-state index in [9.17, 15) is 4.79 Å². The van der Waals surface area contributed by atoms with Crippen molar-refractivity contribution in [3.63, 3.8) is 0 Å². The van der Waals surface area contributed by atoms with Crippen LogP contribution in [0, 0.1) is 0 Å². The van der Waals surface area contributed by atoms with Crippen LogP contribution in [0.2, 0.25) is 5.02 Å². The van der Waals surface area contributed by atoms with Crippen molar-refractivity contribution >= 4 is 17.5 Å². The van der Waals surface area contributed by atoms with Crippen LogP contribution in [0.3, 0.4) is 0 Å². The summed E-state index contributed by atoms with van der Waals surface area (Å²) in [5, 5.41) is 10.5. The highest BCUT2D eigenvalue weighted by Gasteiger charge is 2.17. The Hall–Kier alpha value is -2.59. The first-order valence-corrected chi connectivity index (χ1v) is 7.68. The molecular weight excluding hydrogens is 310 g/mol. The molecule has 5 heteroatoms. The van der Waals surface area contributed by atoms with Crippen molar-refractivity contribution < 1.29 is 4.79 Å². The van der Waals surface area contributed by atoms with E-state index in [2.05, 4.69) is 15.5 Å². The van der Waals surface area contributed by atoms with Crippen molar-refractivity contribution in [1.82, 2.24) is 15.5 Å². The molecule has 23 heavy (non-hydrogen) atoms. The van der Waals surface area contributed by atoms with E-state index in [1.807, 2.05) is 49.4 Å². The van der Waals surface area contributed by atoms with Gasteiger partial charge in [-0.05, 0) is 24.6 Å². The number of nitrogens with one attached hydrogen (secondary N) is 2. The first kappa shape index (κ1) is 15.3. The molecule has 0 unspecified atom stereocenters. The summed E-state index contributed by atoms with van der Waals surface area (Å²) < 4.78 is 0. The molecule has 0 aliphatic carbocycles. The van der Waals surface area contributed by atoms with Crippen LogP contribution in [-0.4, -0.2) is 16.1 Å². The lowest BCUT2D eigenvalue weighted by Crippen LogP contribution is -2.26. The van der Waals surface area contributed by atoms with Gasteiger partial charge in [0.1, 0.15) is 0 Å². The number of aromatic nitrogens is 2. The number of nitrogens with zero attached hydrogens (tertiary/aromatic N) is 1. The number of hydrogen-bond acceptors (Lipinski definition) is 2. The fourth-order valence-electron chi connectivity index (χ4n) is 2.39. The van der Waals surface area contributed by atoms with Gasteiger partial charge in [0.15, 0.2) is 0 Å². The number of carbonyl (C=O) groups is 1. The van der Waals surface area contributed by atoms with Gasteiger partial charge >= 0.3 is 0 Å². The first-order chi connectivity index (χ1) is 11.1. The number of halogens is 1. The third-order valence-corrected chi connectivity index (χ3v) is 3.92. The molecule has 1 aromatic heterocycles. The van der Waals surface area contributed by atoms with E-state index in [4.69, 9.17) is 11.6 Å². The van der Waals surface area contributed by atoms with Gasteiger partial charge < -0.3 is 5.32 Å². The number of carbonyl (C=O) groups excluding carboxylic acids is 1. The largest absolute Gasteiger partial charge is 0.345 e. The van der Waals surface area contributed by atoms with Gasteiger partial charge in [-0.2, -0.15) is 5.10 Å². The summed E-state index contributed by atoms with van der Waals surface area (Å²) in [4.78, 5) is 12.6. The average Bonchev–Trinajstić information content (AvgIpc) is 3.06. The highest BCUT2D eigenvalue weighted by atomic mass is 35.5. The SMILES string of the molecule is C[C@H](NC(=O)c1cn[nH]c1-c1ccc(Cl)cc1)c1ccccc1. The van der Waals surface area contributed by atoms with Crippen LogP contribution in [0.5, 0.6) is 0 Å². The topological polar surface area (TPSA) is 57.8 Å². The lowest BCUT2D eigenvalue weighted by molar-refractivity contribution is 0.0940. The minimum atomic E-state index is -0.167. The Morgan fingerprint density at radius 2 is 1.83 bits per heavy atom. The highest BCUT2D eigenvalue weighted by Crippen LogP contribution is 2.23. The maximum absolute atomic E-state index is 12.6. The Balaban J connectivity index is 1.81. The monoisotopic (exact) mass is 325 g/mol. The molecule has 3 aromatic rings. The van der Waals surface area contributed by atoms with Crippen LogP contribution in [0.25, 0.3) is 11.3 Å². The molecule has 0 aliphatic rings. The van der Waals surface area contributed by atoms with Crippen molar-refractivity contribution in [3.05, 3.63) is 76.9 Å². The Morgan fingerprint density at radius 1 is 1.13 bits per heavy atom. The smallest absolute Gasteiger partial charge is 0.255 e. The minimum Gasteiger partial charge on any atom is -0.345 e. The first-order valence-electron chi connectivity index (χ1n) is 7.30. The molecule has 0 spiro atoms. The molecule has 0 bridgehead atoms. The van der Waals surface area contributed by atoms with E-state index >= 15 is 0 Å². The molecular formula is C18H16ClN3O. The third kappa shape index (κ3) is 3.43. The number of H-pyrrole nitrogens is 1. The van der Waals surface area contributed by atoms with Gasteiger partial charge in [0, 0.05) is 10.6 Å². The maximum Gasteiger partial charge on any atom is 0.255 e. The predicted molar refractivity (Wildman–Crippen MR) is 91.4 cm³/mol. The predicted octanol–water partition coefficient (Wildman–Crippen LogP) is 4.22. The summed E-state index contributed by atoms with van der Waals surface area (Å²) in [5.74, 6) is -0.167. The standard InChI is InChI=1S/C18H16ClN3O/c1-12(13-5-3-2-4-6-13)21-18(23)16-11-20-22-17(16)14-7-9-15(19)10-8-14/h2-12H,1H3,(H,20,22)(H,21,23)/t12-/m0/s1. The van der Waals surface area contributed by atoms with Crippen molar-refractivity contribution in [2.75, 3.05) is 0 Å². The summed E-state index contributed by atoms with van der Waals surface area (Å²) in [6, 6.07) is 17.0. The summed E-state index contributed by atoms with van der Waals surface area (Å²) in [6.07, 6.45) is 1.54. The van der Waals surface area contributed by atoms with Crippen molar-refractivity contribution in [3.8, 4) is 11.3 Å². The summed E-state index contributed by atoms with van der Waals surface area (Å²) in [7, 11) is 0. The van der Waals surface area contributed by atoms with Gasteiger partial charge in [0.2, 0.25) is 0 Å². The lowest BCUT2D eigenvalue weighted by atomic mass is 10.1. The van der Waals surface area contributed by atoms with Gasteiger partial charge in [-0.25, -0.2) is 0 Å². The van der Waals surface area contributed by atoms with E-state index < -0.39 is 0 Å². The molecule has 2 N–H and O–H groups in total. The molecule has 0 radical (unpaired) electrons. The molecule has 0 saturated heterocycles. The molecule has 0 saturated carbocycles. The van der Waals surface area contributed by atoms with Crippen molar-refractivity contribution in [2.45, 2.75) is 13.0 Å². The molecule has 0 fully saturated rings. The Labute approximate surface area is 139 Å². The molecule has 1 heterocycles. The lowest BCUT2D eigenvalue weighted by Gasteiger charge is -2.14. The van der Waals surface area contributed by atoms with Crippen LogP contribution in [0.4, 0.5) is 0 Å². The number of rotatable bonds is 4. The third-order valence-electron chi connectivity index (χ3n) is 3.66. The number of aromatic amines is 1. The summed E-state index contributed by atoms with van der Waals surface area (Å²) in [5.41, 5.74) is 3.11. The van der Waals surface area contributed by atoms with Gasteiger partial charge in [-0.15, -0.1) is 0 Å². The second-order valence-corrected chi connectivity index (χ2v) is 5.71. The molecule has 4 nitrogen and oxygen atoms in total. The van der Waals surface area contributed by atoms with Gasteiger partial charge in [-0.3, -0.25) is 9.89 Å². The summed E-state index contributed by atoms with van der Waals surface area (Å²) >= 11 is 5.91. The van der Waals surface area contributed by atoms with Gasteiger partial charge in [0.25, 0.3) is 5.91 Å². The Bertz CT molecular complexity index is 797. The quantitative estimate of drug-likeness (QED) is 0.754. The second-order valence-electron chi connectivity index (χ2n) is 5.27. The van der Waals surface area contributed by atoms with Crippen LogP contribution < -0.4 is 5.32 Å². The Morgan fingerprint density at radius 3 is 2.52 bits per heavy atom. The number of hydrogen-bond donors (Lipinski definition) is 2.